The predicted molar refractivity (Wildman–Crippen MR) is 119 cm³/mol. The van der Waals surface area contributed by atoms with Crippen LogP contribution in [0.5, 0.6) is 0 Å². The van der Waals surface area contributed by atoms with Gasteiger partial charge >= 0.3 is 0 Å². The lowest BCUT2D eigenvalue weighted by molar-refractivity contribution is -0.666. The van der Waals surface area contributed by atoms with Gasteiger partial charge in [-0.1, -0.05) is 38.1 Å². The first-order valence-electron chi connectivity index (χ1n) is 13.0. The van der Waals surface area contributed by atoms with Gasteiger partial charge in [-0.2, -0.15) is 4.57 Å². The summed E-state index contributed by atoms with van der Waals surface area (Å²) in [5.41, 5.74) is 2.84. The Labute approximate surface area is 182 Å². The maximum Gasteiger partial charge on any atom is 0.229 e. The average molecular weight is 391 g/mol. The fraction of sp³-hybridized carbons (Fsp3) is 0.308. The Morgan fingerprint density at radius 1 is 1.17 bits per heavy atom. The number of aryl methyl sites for hydroxylation is 2. The number of hydrogen-bond donors (Lipinski definition) is 0. The van der Waals surface area contributed by atoms with E-state index in [-0.39, 0.29) is 34.5 Å². The van der Waals surface area contributed by atoms with Gasteiger partial charge in [-0.3, -0.25) is 0 Å². The van der Waals surface area contributed by atoms with Crippen LogP contribution in [0.2, 0.25) is 0 Å². The fourth-order valence-electron chi connectivity index (χ4n) is 3.67. The van der Waals surface area contributed by atoms with E-state index in [9.17, 15) is 0 Å². The molecule has 0 spiro atoms. The van der Waals surface area contributed by atoms with Crippen molar-refractivity contribution in [2.75, 3.05) is 0 Å². The van der Waals surface area contributed by atoms with Gasteiger partial charge in [0.15, 0.2) is 5.69 Å². The molecule has 0 amide bonds. The van der Waals surface area contributed by atoms with E-state index in [0.29, 0.717) is 33.3 Å². The second-order valence-corrected chi connectivity index (χ2v) is 7.60. The van der Waals surface area contributed by atoms with E-state index in [4.69, 9.17) is 20.6 Å². The molecule has 0 atom stereocenters. The molecule has 4 aromatic rings. The zero-order chi connectivity index (χ0) is 26.9. The van der Waals surface area contributed by atoms with Crippen LogP contribution in [0.3, 0.4) is 0 Å². The topological polar surface area (TPSA) is 21.4 Å². The number of aromatic nitrogens is 1. The van der Waals surface area contributed by atoms with Crippen molar-refractivity contribution in [1.82, 2.24) is 0 Å². The maximum atomic E-state index is 9.08. The Bertz CT molecular complexity index is 1590. The number of pyridine rings is 1. The highest BCUT2D eigenvalue weighted by Gasteiger charge is 2.24. The molecule has 29 heavy (non-hydrogen) atoms. The minimum atomic E-state index is -2.43. The molecule has 4 rings (SSSR count). The Hall–Kier alpha value is -3.12. The lowest BCUT2D eigenvalue weighted by atomic mass is 9.96. The number of fused-ring (bicyclic) bond motifs is 3. The van der Waals surface area contributed by atoms with Crippen molar-refractivity contribution in [3.8, 4) is 11.3 Å². The number of furan rings is 1. The molecule has 0 unspecified atom stereocenters. The van der Waals surface area contributed by atoms with Crippen LogP contribution in [0, 0.1) is 33.2 Å². The minimum Gasteiger partial charge on any atom is -0.466 e. The lowest BCUT2D eigenvalue weighted by Gasteiger charge is -2.11. The number of rotatable bonds is 3. The molecule has 0 aliphatic carbocycles. The fourth-order valence-corrected chi connectivity index (χ4v) is 3.67. The summed E-state index contributed by atoms with van der Waals surface area (Å²) < 4.78 is 67.1. The summed E-state index contributed by atoms with van der Waals surface area (Å²) in [6, 6.07) is 6.29. The predicted octanol–water partition coefficient (Wildman–Crippen LogP) is 6.75. The van der Waals surface area contributed by atoms with Crippen LogP contribution in [-0.4, -0.2) is 0 Å². The summed E-state index contributed by atoms with van der Waals surface area (Å²) >= 11 is 0. The van der Waals surface area contributed by atoms with Gasteiger partial charge in [-0.05, 0) is 42.8 Å². The zero-order valence-corrected chi connectivity index (χ0v) is 17.2. The molecule has 0 fully saturated rings. The van der Waals surface area contributed by atoms with E-state index in [0.717, 1.165) is 5.56 Å². The van der Waals surface area contributed by atoms with Gasteiger partial charge in [0.25, 0.3) is 0 Å². The molecule has 0 aliphatic heterocycles. The molecule has 2 heterocycles. The molecule has 0 saturated carbocycles. The molecule has 3 nitrogen and oxygen atoms in total. The normalized spacial score (nSPS) is 16.0. The molecular formula is C26H27N2O+. The Morgan fingerprint density at radius 3 is 2.62 bits per heavy atom. The van der Waals surface area contributed by atoms with E-state index in [1.165, 1.54) is 12.1 Å². The third-order valence-corrected chi connectivity index (χ3v) is 5.15. The van der Waals surface area contributed by atoms with Crippen LogP contribution in [0.15, 0.2) is 40.8 Å². The standard InChI is InChI=1S/C26H27N2O/c1-15(2)12-19-13-18(5)28(7)22(14-19)24-17(4)8-10-20-23-16(3)9-11-21(27-6)26(23)29-25(20)24/h8-11,13-15H,12H2,1-5,7H3/q+1/i3D3,12D2,13D,14D. The summed E-state index contributed by atoms with van der Waals surface area (Å²) in [6.45, 7) is 12.1. The lowest BCUT2D eigenvalue weighted by Crippen LogP contribution is -2.35. The van der Waals surface area contributed by atoms with Crippen LogP contribution >= 0.6 is 0 Å². The highest BCUT2D eigenvalue weighted by molar-refractivity contribution is 6.14. The number of nitrogens with zero attached hydrogens (tertiary/aromatic N) is 2. The van der Waals surface area contributed by atoms with E-state index in [1.54, 1.807) is 44.5 Å². The molecule has 3 heteroatoms. The van der Waals surface area contributed by atoms with Gasteiger partial charge in [0.1, 0.15) is 18.2 Å². The van der Waals surface area contributed by atoms with Gasteiger partial charge < -0.3 is 4.42 Å². The maximum absolute atomic E-state index is 9.08. The van der Waals surface area contributed by atoms with Crippen LogP contribution < -0.4 is 4.57 Å². The summed E-state index contributed by atoms with van der Waals surface area (Å²) in [5, 5.41) is 0.836. The SMILES string of the molecule is [2H]c1c(C([2H])([2H])C(C)C)c([2H])c(-c2c(C)ccc3c2oc2c([N+]#[C-])ccc(C([2H])([2H])[2H])c23)[n+](C)c1C. The van der Waals surface area contributed by atoms with Crippen LogP contribution in [-0.2, 0) is 13.4 Å². The third kappa shape index (κ3) is 3.09. The first kappa shape index (κ1) is 12.4. The molecule has 146 valence electrons. The first-order chi connectivity index (χ1) is 16.6. The largest absolute Gasteiger partial charge is 0.466 e. The van der Waals surface area contributed by atoms with Crippen LogP contribution in [0.25, 0.3) is 38.0 Å². The monoisotopic (exact) mass is 390 g/mol. The summed E-state index contributed by atoms with van der Waals surface area (Å²) in [6.07, 6.45) is -1.93. The molecule has 2 aromatic carbocycles. The van der Waals surface area contributed by atoms with Crippen molar-refractivity contribution >= 4 is 27.6 Å². The van der Waals surface area contributed by atoms with Crippen molar-refractivity contribution in [1.29, 1.82) is 0 Å². The van der Waals surface area contributed by atoms with Crippen molar-refractivity contribution in [2.24, 2.45) is 13.0 Å². The van der Waals surface area contributed by atoms with Crippen molar-refractivity contribution in [2.45, 2.75) is 40.9 Å². The quantitative estimate of drug-likeness (QED) is 0.280. The highest BCUT2D eigenvalue weighted by Crippen LogP contribution is 2.41. The molecule has 2 aromatic heterocycles. The van der Waals surface area contributed by atoms with Gasteiger partial charge in [-0.25, -0.2) is 4.85 Å². The van der Waals surface area contributed by atoms with Crippen molar-refractivity contribution in [3.05, 3.63) is 70.2 Å². The highest BCUT2D eigenvalue weighted by atomic mass is 16.3. The molecule has 0 radical (unpaired) electrons. The first-order valence-corrected chi connectivity index (χ1v) is 9.51. The smallest absolute Gasteiger partial charge is 0.229 e. The zero-order valence-electron chi connectivity index (χ0n) is 24.2. The molecule has 0 aliphatic rings. The number of benzene rings is 2. The van der Waals surface area contributed by atoms with Crippen molar-refractivity contribution < 1.29 is 18.6 Å². The second-order valence-electron chi connectivity index (χ2n) is 7.60. The third-order valence-electron chi connectivity index (χ3n) is 5.15. The van der Waals surface area contributed by atoms with Gasteiger partial charge in [0, 0.05) is 36.6 Å². The number of hydrogen-bond acceptors (Lipinski definition) is 1. The van der Waals surface area contributed by atoms with Crippen molar-refractivity contribution in [3.63, 3.8) is 0 Å². The molecule has 0 saturated heterocycles. The molecular weight excluding hydrogens is 356 g/mol. The summed E-state index contributed by atoms with van der Waals surface area (Å²) in [4.78, 5) is 3.52. The average Bonchev–Trinajstić information content (AvgIpc) is 3.17. The van der Waals surface area contributed by atoms with Crippen LogP contribution in [0.4, 0.5) is 5.69 Å². The van der Waals surface area contributed by atoms with Gasteiger partial charge in [-0.15, -0.1) is 0 Å². The van der Waals surface area contributed by atoms with Gasteiger partial charge in [0.05, 0.1) is 14.9 Å². The molecule has 0 N–H and O–H groups in total. The van der Waals surface area contributed by atoms with Gasteiger partial charge in [0.2, 0.25) is 11.4 Å². The van der Waals surface area contributed by atoms with Crippen LogP contribution in [0.1, 0.15) is 45.8 Å². The molecule has 0 bridgehead atoms. The van der Waals surface area contributed by atoms with E-state index in [1.807, 2.05) is 6.92 Å². The minimum absolute atomic E-state index is 0.000594. The van der Waals surface area contributed by atoms with E-state index < -0.39 is 19.1 Å². The Balaban J connectivity index is 2.25. The second kappa shape index (κ2) is 7.04. The summed E-state index contributed by atoms with van der Waals surface area (Å²) in [5.74, 6) is -0.475. The van der Waals surface area contributed by atoms with E-state index >= 15 is 0 Å². The Morgan fingerprint density at radius 2 is 1.93 bits per heavy atom. The summed E-state index contributed by atoms with van der Waals surface area (Å²) in [7, 11) is 1.72. The van der Waals surface area contributed by atoms with E-state index in [2.05, 4.69) is 4.85 Å². The Kier molecular flexibility index (Phi) is 3.02.